The maximum Gasteiger partial charge on any atom is 0.0577 e. The third-order valence-electron chi connectivity index (χ3n) is 9.31. The van der Waals surface area contributed by atoms with E-state index < -0.39 is 0 Å². The molecule has 0 heterocycles. The van der Waals surface area contributed by atoms with Crippen molar-refractivity contribution < 1.29 is 15.3 Å². The molecule has 4 fully saturated rings. The lowest BCUT2D eigenvalue weighted by Crippen LogP contribution is -2.58. The quantitative estimate of drug-likeness (QED) is 0.688. The second kappa shape index (κ2) is 5.69. The standard InChI is InChI=1S/C21H36O3/c1-12(22)15-4-5-16-14-11-19(24)18-10-13(23)6-8-21(18,3)17(14)7-9-20(15,16)2/h12-19,22-24H,4-11H2,1-3H3. The van der Waals surface area contributed by atoms with Gasteiger partial charge in [0.15, 0.2) is 0 Å². The van der Waals surface area contributed by atoms with Crippen LogP contribution in [0.2, 0.25) is 0 Å². The van der Waals surface area contributed by atoms with Crippen molar-refractivity contribution in [3.8, 4) is 0 Å². The van der Waals surface area contributed by atoms with Gasteiger partial charge in [0.1, 0.15) is 0 Å². The average molecular weight is 337 g/mol. The minimum absolute atomic E-state index is 0.200. The molecule has 4 aliphatic rings. The summed E-state index contributed by atoms with van der Waals surface area (Å²) in [5.74, 6) is 2.68. The largest absolute Gasteiger partial charge is 0.393 e. The van der Waals surface area contributed by atoms with Gasteiger partial charge in [0.05, 0.1) is 18.3 Å². The third-order valence-corrected chi connectivity index (χ3v) is 9.31. The van der Waals surface area contributed by atoms with Gasteiger partial charge in [-0.05, 0) is 98.7 Å². The van der Waals surface area contributed by atoms with Crippen molar-refractivity contribution in [2.45, 2.75) is 90.4 Å². The first-order valence-electron chi connectivity index (χ1n) is 10.3. The van der Waals surface area contributed by atoms with Crippen molar-refractivity contribution in [1.82, 2.24) is 0 Å². The van der Waals surface area contributed by atoms with Crippen LogP contribution in [0.25, 0.3) is 0 Å². The molecule has 0 amide bonds. The molecule has 0 radical (unpaired) electrons. The number of rotatable bonds is 1. The van der Waals surface area contributed by atoms with Gasteiger partial charge in [0.2, 0.25) is 0 Å². The summed E-state index contributed by atoms with van der Waals surface area (Å²) >= 11 is 0. The number of aliphatic hydroxyl groups is 3. The molecular formula is C21H36O3. The molecule has 24 heavy (non-hydrogen) atoms. The van der Waals surface area contributed by atoms with Crippen LogP contribution in [0.3, 0.4) is 0 Å². The second-order valence-electron chi connectivity index (χ2n) is 10.2. The number of fused-ring (bicyclic) bond motifs is 5. The normalized spacial score (nSPS) is 58.5. The van der Waals surface area contributed by atoms with Crippen LogP contribution in [0.15, 0.2) is 0 Å². The number of hydrogen-bond acceptors (Lipinski definition) is 3. The predicted molar refractivity (Wildman–Crippen MR) is 94.3 cm³/mol. The maximum atomic E-state index is 10.9. The molecule has 4 aliphatic carbocycles. The van der Waals surface area contributed by atoms with E-state index in [1.165, 1.54) is 19.3 Å². The zero-order chi connectivity index (χ0) is 17.3. The molecule has 3 nitrogen and oxygen atoms in total. The smallest absolute Gasteiger partial charge is 0.0577 e. The maximum absolute atomic E-state index is 10.9. The molecule has 0 aromatic rings. The zero-order valence-corrected chi connectivity index (χ0v) is 15.6. The highest BCUT2D eigenvalue weighted by Crippen LogP contribution is 2.67. The van der Waals surface area contributed by atoms with Gasteiger partial charge in [-0.15, -0.1) is 0 Å². The predicted octanol–water partition coefficient (Wildman–Crippen LogP) is 3.36. The van der Waals surface area contributed by atoms with Crippen molar-refractivity contribution in [3.05, 3.63) is 0 Å². The first kappa shape index (κ1) is 17.3. The zero-order valence-electron chi connectivity index (χ0n) is 15.6. The third kappa shape index (κ3) is 2.27. The van der Waals surface area contributed by atoms with Gasteiger partial charge in [-0.1, -0.05) is 13.8 Å². The van der Waals surface area contributed by atoms with Crippen molar-refractivity contribution in [2.24, 2.45) is 40.4 Å². The molecule has 0 aromatic carbocycles. The van der Waals surface area contributed by atoms with E-state index in [-0.39, 0.29) is 35.1 Å². The Morgan fingerprint density at radius 1 is 0.833 bits per heavy atom. The van der Waals surface area contributed by atoms with Gasteiger partial charge in [0, 0.05) is 0 Å². The van der Waals surface area contributed by atoms with E-state index in [1.807, 2.05) is 6.92 Å². The molecule has 3 N–H and O–H groups in total. The molecule has 138 valence electrons. The molecule has 10 unspecified atom stereocenters. The fourth-order valence-electron chi connectivity index (χ4n) is 8.11. The molecule has 4 rings (SSSR count). The Morgan fingerprint density at radius 2 is 1.50 bits per heavy atom. The topological polar surface area (TPSA) is 60.7 Å². The van der Waals surface area contributed by atoms with Crippen LogP contribution in [0.1, 0.15) is 72.1 Å². The van der Waals surface area contributed by atoms with Gasteiger partial charge in [-0.3, -0.25) is 0 Å². The van der Waals surface area contributed by atoms with Gasteiger partial charge >= 0.3 is 0 Å². The van der Waals surface area contributed by atoms with Gasteiger partial charge in [-0.25, -0.2) is 0 Å². The Kier molecular flexibility index (Phi) is 4.10. The van der Waals surface area contributed by atoms with Gasteiger partial charge in [0.25, 0.3) is 0 Å². The molecule has 10 atom stereocenters. The first-order chi connectivity index (χ1) is 11.3. The van der Waals surface area contributed by atoms with Crippen LogP contribution in [0, 0.1) is 40.4 Å². The van der Waals surface area contributed by atoms with Crippen molar-refractivity contribution in [2.75, 3.05) is 0 Å². The fourth-order valence-corrected chi connectivity index (χ4v) is 8.11. The van der Waals surface area contributed by atoms with Crippen molar-refractivity contribution in [1.29, 1.82) is 0 Å². The second-order valence-corrected chi connectivity index (χ2v) is 10.2. The molecule has 4 saturated carbocycles. The lowest BCUT2D eigenvalue weighted by atomic mass is 9.44. The summed E-state index contributed by atoms with van der Waals surface area (Å²) in [6.45, 7) is 6.80. The molecule has 0 spiro atoms. The van der Waals surface area contributed by atoms with Gasteiger partial charge in [-0.2, -0.15) is 0 Å². The van der Waals surface area contributed by atoms with Crippen molar-refractivity contribution >= 4 is 0 Å². The summed E-state index contributed by atoms with van der Waals surface area (Å²) in [6, 6.07) is 0. The van der Waals surface area contributed by atoms with E-state index >= 15 is 0 Å². The number of aliphatic hydroxyl groups excluding tert-OH is 3. The summed E-state index contributed by atoms with van der Waals surface area (Å²) < 4.78 is 0. The Bertz CT molecular complexity index is 491. The highest BCUT2D eigenvalue weighted by molar-refractivity contribution is 5.11. The Morgan fingerprint density at radius 3 is 2.21 bits per heavy atom. The SMILES string of the molecule is CC(O)C1CCC2C3CC(O)C4CC(O)CCC4(C)C3CCC12C. The van der Waals surface area contributed by atoms with Crippen LogP contribution < -0.4 is 0 Å². The van der Waals surface area contributed by atoms with E-state index in [1.54, 1.807) is 0 Å². The minimum atomic E-state index is -0.251. The monoisotopic (exact) mass is 336 g/mol. The van der Waals surface area contributed by atoms with Crippen molar-refractivity contribution in [3.63, 3.8) is 0 Å². The number of hydrogen-bond donors (Lipinski definition) is 3. The van der Waals surface area contributed by atoms with Crippen LogP contribution in [-0.4, -0.2) is 33.6 Å². The summed E-state index contributed by atoms with van der Waals surface area (Å²) in [5, 5.41) is 31.4. The van der Waals surface area contributed by atoms with E-state index in [0.29, 0.717) is 23.7 Å². The van der Waals surface area contributed by atoms with Crippen LogP contribution in [0.5, 0.6) is 0 Å². The van der Waals surface area contributed by atoms with Crippen LogP contribution >= 0.6 is 0 Å². The summed E-state index contributed by atoms with van der Waals surface area (Å²) in [4.78, 5) is 0. The Labute approximate surface area is 146 Å². The molecule has 0 saturated heterocycles. The van der Waals surface area contributed by atoms with Crippen LogP contribution in [-0.2, 0) is 0 Å². The summed E-state index contributed by atoms with van der Waals surface area (Å²) in [7, 11) is 0. The van der Waals surface area contributed by atoms with E-state index in [2.05, 4.69) is 13.8 Å². The summed E-state index contributed by atoms with van der Waals surface area (Å²) in [5.41, 5.74) is 0.457. The average Bonchev–Trinajstić information content (AvgIpc) is 2.87. The first-order valence-corrected chi connectivity index (χ1v) is 10.3. The van der Waals surface area contributed by atoms with E-state index in [0.717, 1.165) is 32.1 Å². The lowest BCUT2D eigenvalue weighted by molar-refractivity contribution is -0.173. The highest BCUT2D eigenvalue weighted by Gasteiger charge is 2.62. The molecular weight excluding hydrogens is 300 g/mol. The minimum Gasteiger partial charge on any atom is -0.393 e. The van der Waals surface area contributed by atoms with E-state index in [4.69, 9.17) is 0 Å². The molecule has 0 aromatic heterocycles. The molecule has 0 bridgehead atoms. The Hall–Kier alpha value is -0.120. The van der Waals surface area contributed by atoms with Gasteiger partial charge < -0.3 is 15.3 Å². The highest BCUT2D eigenvalue weighted by atomic mass is 16.3. The van der Waals surface area contributed by atoms with E-state index in [9.17, 15) is 15.3 Å². The molecule has 0 aliphatic heterocycles. The Balaban J connectivity index is 1.64. The summed E-state index contributed by atoms with van der Waals surface area (Å²) in [6.07, 6.45) is 7.86. The lowest BCUT2D eigenvalue weighted by Gasteiger charge is -2.62. The fraction of sp³-hybridized carbons (Fsp3) is 1.00. The van der Waals surface area contributed by atoms with Crippen LogP contribution in [0.4, 0.5) is 0 Å². The molecule has 3 heteroatoms.